The van der Waals surface area contributed by atoms with Crippen LogP contribution in [-0.4, -0.2) is 13.1 Å². The van der Waals surface area contributed by atoms with E-state index in [4.69, 9.17) is 4.74 Å². The van der Waals surface area contributed by atoms with E-state index in [2.05, 4.69) is 13.8 Å². The van der Waals surface area contributed by atoms with Crippen LogP contribution in [0.25, 0.3) is 0 Å². The lowest BCUT2D eigenvalue weighted by Gasteiger charge is -2.11. The summed E-state index contributed by atoms with van der Waals surface area (Å²) in [4.78, 5) is 11.4. The number of carbonyl (C=O) groups is 1. The Hall–Kier alpha value is -1.05. The predicted octanol–water partition coefficient (Wildman–Crippen LogP) is 2.46. The van der Waals surface area contributed by atoms with Crippen LogP contribution in [0.15, 0.2) is 22.3 Å². The molecule has 0 amide bonds. The van der Waals surface area contributed by atoms with Crippen LogP contribution in [0, 0.1) is 5.92 Å². The van der Waals surface area contributed by atoms with Crippen LogP contribution < -0.4 is 0 Å². The van der Waals surface area contributed by atoms with Crippen molar-refractivity contribution in [3.63, 3.8) is 0 Å². The summed E-state index contributed by atoms with van der Waals surface area (Å²) in [6.45, 7) is 8.10. The number of ether oxygens (including phenoxy) is 1. The summed E-state index contributed by atoms with van der Waals surface area (Å²) in [5, 5.41) is 0. The van der Waals surface area contributed by atoms with Gasteiger partial charge in [-0.05, 0) is 38.8 Å². The van der Waals surface area contributed by atoms with Gasteiger partial charge in [0.15, 0.2) is 0 Å². The summed E-state index contributed by atoms with van der Waals surface area (Å²) in [5.41, 5.74) is 4.71. The van der Waals surface area contributed by atoms with E-state index in [1.807, 2.05) is 13.8 Å². The maximum Gasteiger partial charge on any atom is 0.316 e. The van der Waals surface area contributed by atoms with Gasteiger partial charge in [-0.1, -0.05) is 11.1 Å². The first-order chi connectivity index (χ1) is 6.00. The van der Waals surface area contributed by atoms with Crippen molar-refractivity contribution in [3.8, 4) is 0 Å². The fourth-order valence-corrected chi connectivity index (χ4v) is 1.82. The van der Waals surface area contributed by atoms with Crippen LogP contribution in [0.5, 0.6) is 0 Å². The standard InChI is InChI=1S/C11H16O2/c1-6-7(2)9(4)10(8(6)3)11(12)13-5/h10H,1-5H3. The average molecular weight is 180 g/mol. The van der Waals surface area contributed by atoms with E-state index in [-0.39, 0.29) is 11.9 Å². The second-order valence-corrected chi connectivity index (χ2v) is 3.57. The molecule has 1 aliphatic rings. The Bertz CT molecular complexity index is 284. The second kappa shape index (κ2) is 3.36. The van der Waals surface area contributed by atoms with Crippen molar-refractivity contribution in [3.05, 3.63) is 22.3 Å². The summed E-state index contributed by atoms with van der Waals surface area (Å²) < 4.78 is 4.76. The molecule has 1 aliphatic carbocycles. The fraction of sp³-hybridized carbons (Fsp3) is 0.545. The van der Waals surface area contributed by atoms with E-state index in [0.717, 1.165) is 11.1 Å². The minimum atomic E-state index is -0.147. The molecule has 0 saturated heterocycles. The molecule has 0 aliphatic heterocycles. The zero-order valence-corrected chi connectivity index (χ0v) is 8.89. The van der Waals surface area contributed by atoms with Crippen molar-refractivity contribution in [2.24, 2.45) is 5.92 Å². The normalized spacial score (nSPS) is 18.5. The Morgan fingerprint density at radius 1 is 1.08 bits per heavy atom. The van der Waals surface area contributed by atoms with E-state index in [0.29, 0.717) is 0 Å². The van der Waals surface area contributed by atoms with Gasteiger partial charge in [-0.15, -0.1) is 0 Å². The Balaban J connectivity index is 3.09. The van der Waals surface area contributed by atoms with E-state index < -0.39 is 0 Å². The Morgan fingerprint density at radius 2 is 1.46 bits per heavy atom. The number of hydrogen-bond donors (Lipinski definition) is 0. The summed E-state index contributed by atoms with van der Waals surface area (Å²) in [7, 11) is 1.44. The highest BCUT2D eigenvalue weighted by molar-refractivity contribution is 5.81. The van der Waals surface area contributed by atoms with E-state index in [1.165, 1.54) is 18.3 Å². The number of allylic oxidation sites excluding steroid dienone is 2. The topological polar surface area (TPSA) is 26.3 Å². The molecule has 2 heteroatoms. The van der Waals surface area contributed by atoms with Gasteiger partial charge in [-0.25, -0.2) is 0 Å². The Labute approximate surface area is 79.3 Å². The number of esters is 1. The van der Waals surface area contributed by atoms with E-state index in [9.17, 15) is 4.79 Å². The minimum absolute atomic E-state index is 0.134. The molecule has 0 aromatic rings. The lowest BCUT2D eigenvalue weighted by atomic mass is 9.97. The van der Waals surface area contributed by atoms with Gasteiger partial charge in [-0.3, -0.25) is 4.79 Å². The van der Waals surface area contributed by atoms with Crippen molar-refractivity contribution in [2.45, 2.75) is 27.7 Å². The number of hydrogen-bond acceptors (Lipinski definition) is 2. The first-order valence-corrected chi connectivity index (χ1v) is 4.43. The third kappa shape index (κ3) is 1.41. The van der Waals surface area contributed by atoms with Crippen molar-refractivity contribution >= 4 is 5.97 Å². The fourth-order valence-electron chi connectivity index (χ4n) is 1.82. The molecule has 0 aromatic heterocycles. The molecule has 0 radical (unpaired) electrons. The SMILES string of the molecule is COC(=O)C1C(C)=C(C)C(C)=C1C. The maximum absolute atomic E-state index is 11.4. The summed E-state index contributed by atoms with van der Waals surface area (Å²) in [6.07, 6.45) is 0. The molecule has 0 unspecified atom stereocenters. The van der Waals surface area contributed by atoms with Gasteiger partial charge < -0.3 is 4.74 Å². The van der Waals surface area contributed by atoms with Crippen molar-refractivity contribution in [2.75, 3.05) is 7.11 Å². The van der Waals surface area contributed by atoms with Crippen LogP contribution >= 0.6 is 0 Å². The zero-order chi connectivity index (χ0) is 10.2. The van der Waals surface area contributed by atoms with Gasteiger partial charge in [-0.2, -0.15) is 0 Å². The van der Waals surface area contributed by atoms with Crippen molar-refractivity contribution in [1.29, 1.82) is 0 Å². The minimum Gasteiger partial charge on any atom is -0.468 e. The Kier molecular flexibility index (Phi) is 2.60. The molecule has 13 heavy (non-hydrogen) atoms. The highest BCUT2D eigenvalue weighted by atomic mass is 16.5. The van der Waals surface area contributed by atoms with Gasteiger partial charge in [0.1, 0.15) is 0 Å². The van der Waals surface area contributed by atoms with Crippen LogP contribution in [0.3, 0.4) is 0 Å². The van der Waals surface area contributed by atoms with Crippen LogP contribution in [0.2, 0.25) is 0 Å². The van der Waals surface area contributed by atoms with Crippen LogP contribution in [0.1, 0.15) is 27.7 Å². The zero-order valence-electron chi connectivity index (χ0n) is 8.89. The summed E-state index contributed by atoms with van der Waals surface area (Å²) in [5.74, 6) is -0.281. The molecule has 72 valence electrons. The highest BCUT2D eigenvalue weighted by Gasteiger charge is 2.30. The first-order valence-electron chi connectivity index (χ1n) is 4.43. The largest absolute Gasteiger partial charge is 0.468 e. The van der Waals surface area contributed by atoms with Crippen molar-refractivity contribution in [1.82, 2.24) is 0 Å². The molecule has 2 nitrogen and oxygen atoms in total. The number of carbonyl (C=O) groups excluding carboxylic acids is 1. The van der Waals surface area contributed by atoms with Gasteiger partial charge >= 0.3 is 5.97 Å². The van der Waals surface area contributed by atoms with E-state index >= 15 is 0 Å². The molecule has 0 atom stereocenters. The highest BCUT2D eigenvalue weighted by Crippen LogP contribution is 2.36. The molecular weight excluding hydrogens is 164 g/mol. The van der Waals surface area contributed by atoms with Gasteiger partial charge in [0.05, 0.1) is 13.0 Å². The van der Waals surface area contributed by atoms with Gasteiger partial charge in [0.25, 0.3) is 0 Å². The average Bonchev–Trinajstić information content (AvgIpc) is 2.30. The molecular formula is C11H16O2. The molecule has 0 aromatic carbocycles. The van der Waals surface area contributed by atoms with Gasteiger partial charge in [0, 0.05) is 0 Å². The number of methoxy groups -OCH3 is 1. The summed E-state index contributed by atoms with van der Waals surface area (Å²) in [6, 6.07) is 0. The third-order valence-corrected chi connectivity index (χ3v) is 3.05. The lowest BCUT2D eigenvalue weighted by molar-refractivity contribution is -0.142. The van der Waals surface area contributed by atoms with Crippen molar-refractivity contribution < 1.29 is 9.53 Å². The molecule has 0 heterocycles. The van der Waals surface area contributed by atoms with Crippen LogP contribution in [-0.2, 0) is 9.53 Å². The predicted molar refractivity (Wildman–Crippen MR) is 52.3 cm³/mol. The molecule has 0 fully saturated rings. The Morgan fingerprint density at radius 3 is 1.77 bits per heavy atom. The second-order valence-electron chi connectivity index (χ2n) is 3.57. The molecule has 1 rings (SSSR count). The van der Waals surface area contributed by atoms with Gasteiger partial charge in [0.2, 0.25) is 0 Å². The lowest BCUT2D eigenvalue weighted by Crippen LogP contribution is -2.16. The molecule has 0 spiro atoms. The number of rotatable bonds is 1. The van der Waals surface area contributed by atoms with E-state index in [1.54, 1.807) is 0 Å². The monoisotopic (exact) mass is 180 g/mol. The quantitative estimate of drug-likeness (QED) is 0.579. The smallest absolute Gasteiger partial charge is 0.316 e. The third-order valence-electron chi connectivity index (χ3n) is 3.05. The first kappa shape index (κ1) is 10.0. The molecule has 0 N–H and O–H groups in total. The summed E-state index contributed by atoms with van der Waals surface area (Å²) >= 11 is 0. The molecule has 0 saturated carbocycles. The molecule has 0 bridgehead atoms. The van der Waals surface area contributed by atoms with Crippen LogP contribution in [0.4, 0.5) is 0 Å². The maximum atomic E-state index is 11.4.